The van der Waals surface area contributed by atoms with E-state index >= 15 is 0 Å². The standard InChI is InChI=1S/C32H36ClN5O5/c1-19-22(7-6-10-26(19)34-29(40)25-18-36(2)32(42)37(3)31(25)41)23-8-5-9-24(28(23)33)27-12-11-20(30(35-27)43-4)17-38-15-13-21(39)14-16-38/h5-12,21,25,39H,13-18H2,1-4H3,(H,34,40). The largest absolute Gasteiger partial charge is 0.481 e. The van der Waals surface area contributed by atoms with E-state index in [1.54, 1.807) is 20.2 Å². The van der Waals surface area contributed by atoms with Crippen molar-refractivity contribution in [2.24, 2.45) is 5.92 Å². The highest BCUT2D eigenvalue weighted by Gasteiger charge is 2.39. The number of pyridine rings is 1. The predicted molar refractivity (Wildman–Crippen MR) is 165 cm³/mol. The lowest BCUT2D eigenvalue weighted by molar-refractivity contribution is -0.140. The number of urea groups is 1. The number of carbonyl (C=O) groups is 3. The fraction of sp³-hybridized carbons (Fsp3) is 0.375. The second-order valence-electron chi connectivity index (χ2n) is 11.1. The number of likely N-dealkylation sites (tertiary alicyclic amines) is 1. The second kappa shape index (κ2) is 12.7. The summed E-state index contributed by atoms with van der Waals surface area (Å²) >= 11 is 7.01. The summed E-state index contributed by atoms with van der Waals surface area (Å²) in [5.41, 5.74) is 5.29. The van der Waals surface area contributed by atoms with Crippen molar-refractivity contribution in [3.63, 3.8) is 0 Å². The van der Waals surface area contributed by atoms with Gasteiger partial charge in [-0.2, -0.15) is 0 Å². The normalized spacial score (nSPS) is 18.2. The van der Waals surface area contributed by atoms with E-state index in [1.165, 1.54) is 11.9 Å². The van der Waals surface area contributed by atoms with Gasteiger partial charge < -0.3 is 20.1 Å². The van der Waals surface area contributed by atoms with Crippen molar-refractivity contribution in [3.8, 4) is 28.3 Å². The molecule has 2 aromatic carbocycles. The number of anilines is 1. The Kier molecular flexibility index (Phi) is 9.00. The van der Waals surface area contributed by atoms with Crippen molar-refractivity contribution < 1.29 is 24.2 Å². The van der Waals surface area contributed by atoms with Gasteiger partial charge in [0.05, 0.1) is 23.9 Å². The zero-order chi connectivity index (χ0) is 30.8. The quantitative estimate of drug-likeness (QED) is 0.383. The zero-order valence-electron chi connectivity index (χ0n) is 24.8. The third kappa shape index (κ3) is 6.22. The van der Waals surface area contributed by atoms with Crippen LogP contribution in [0.5, 0.6) is 5.88 Å². The lowest BCUT2D eigenvalue weighted by atomic mass is 9.96. The molecule has 2 aliphatic heterocycles. The Bertz CT molecular complexity index is 1560. The van der Waals surface area contributed by atoms with Gasteiger partial charge in [0.1, 0.15) is 5.92 Å². The maximum absolute atomic E-state index is 13.2. The summed E-state index contributed by atoms with van der Waals surface area (Å²) in [5, 5.41) is 13.2. The molecule has 10 nitrogen and oxygen atoms in total. The van der Waals surface area contributed by atoms with Crippen molar-refractivity contribution in [1.82, 2.24) is 19.7 Å². The first-order chi connectivity index (χ1) is 20.6. The number of rotatable bonds is 7. The number of benzene rings is 2. The number of methoxy groups -OCH3 is 1. The van der Waals surface area contributed by atoms with Crippen LogP contribution in [0.2, 0.25) is 5.02 Å². The number of aromatic nitrogens is 1. The van der Waals surface area contributed by atoms with Crippen molar-refractivity contribution in [3.05, 3.63) is 64.7 Å². The molecule has 0 radical (unpaired) electrons. The number of carbonyl (C=O) groups excluding carboxylic acids is 3. The van der Waals surface area contributed by atoms with E-state index in [0.717, 1.165) is 58.6 Å². The third-order valence-corrected chi connectivity index (χ3v) is 8.66. The van der Waals surface area contributed by atoms with Crippen LogP contribution in [0.3, 0.4) is 0 Å². The first kappa shape index (κ1) is 30.5. The van der Waals surface area contributed by atoms with Crippen LogP contribution in [0.4, 0.5) is 10.5 Å². The Morgan fingerprint density at radius 1 is 1.05 bits per heavy atom. The number of halogens is 1. The number of nitrogens with zero attached hydrogens (tertiary/aromatic N) is 4. The fourth-order valence-corrected chi connectivity index (χ4v) is 5.99. The number of imide groups is 1. The summed E-state index contributed by atoms with van der Waals surface area (Å²) in [5.74, 6) is -1.49. The van der Waals surface area contributed by atoms with Crippen molar-refractivity contribution in [2.75, 3.05) is 46.2 Å². The van der Waals surface area contributed by atoms with E-state index in [4.69, 9.17) is 21.3 Å². The lowest BCUT2D eigenvalue weighted by Gasteiger charge is -2.33. The highest BCUT2D eigenvalue weighted by Crippen LogP contribution is 2.39. The van der Waals surface area contributed by atoms with E-state index in [-0.39, 0.29) is 12.6 Å². The molecule has 2 aliphatic rings. The maximum atomic E-state index is 13.2. The first-order valence-corrected chi connectivity index (χ1v) is 14.6. The predicted octanol–water partition coefficient (Wildman–Crippen LogP) is 4.42. The van der Waals surface area contributed by atoms with E-state index in [0.29, 0.717) is 28.8 Å². The van der Waals surface area contributed by atoms with Gasteiger partial charge in [0, 0.05) is 62.7 Å². The number of aliphatic hydroxyl groups is 1. The molecule has 0 saturated carbocycles. The maximum Gasteiger partial charge on any atom is 0.326 e. The molecule has 3 heterocycles. The molecule has 0 bridgehead atoms. The van der Waals surface area contributed by atoms with E-state index in [2.05, 4.69) is 10.2 Å². The van der Waals surface area contributed by atoms with Crippen LogP contribution >= 0.6 is 11.6 Å². The molecule has 1 unspecified atom stereocenters. The van der Waals surface area contributed by atoms with Crippen LogP contribution in [0.15, 0.2) is 48.5 Å². The number of nitrogens with one attached hydrogen (secondary N) is 1. The topological polar surface area (TPSA) is 115 Å². The molecule has 5 rings (SSSR count). The van der Waals surface area contributed by atoms with Gasteiger partial charge >= 0.3 is 6.03 Å². The minimum absolute atomic E-state index is 0.0108. The first-order valence-electron chi connectivity index (χ1n) is 14.3. The van der Waals surface area contributed by atoms with E-state index in [1.807, 2.05) is 49.4 Å². The molecule has 2 saturated heterocycles. The molecule has 1 aromatic heterocycles. The molecule has 2 N–H and O–H groups in total. The summed E-state index contributed by atoms with van der Waals surface area (Å²) in [7, 11) is 4.54. The highest BCUT2D eigenvalue weighted by atomic mass is 35.5. The molecule has 0 aliphatic carbocycles. The van der Waals surface area contributed by atoms with Gasteiger partial charge in [0.15, 0.2) is 0 Å². The molecule has 11 heteroatoms. The minimum Gasteiger partial charge on any atom is -0.481 e. The van der Waals surface area contributed by atoms with Gasteiger partial charge in [-0.15, -0.1) is 0 Å². The Balaban J connectivity index is 1.40. The molecule has 2 fully saturated rings. The lowest BCUT2D eigenvalue weighted by Crippen LogP contribution is -2.56. The van der Waals surface area contributed by atoms with E-state index in [9.17, 15) is 19.5 Å². The van der Waals surface area contributed by atoms with Crippen LogP contribution in [-0.4, -0.2) is 89.6 Å². The summed E-state index contributed by atoms with van der Waals surface area (Å²) in [4.78, 5) is 47.3. The fourth-order valence-electron chi connectivity index (χ4n) is 5.66. The Hall–Kier alpha value is -3.99. The van der Waals surface area contributed by atoms with Gasteiger partial charge in [-0.3, -0.25) is 19.4 Å². The Morgan fingerprint density at radius 3 is 2.44 bits per heavy atom. The molecule has 226 valence electrons. The van der Waals surface area contributed by atoms with Crippen LogP contribution in [-0.2, 0) is 16.1 Å². The summed E-state index contributed by atoms with van der Waals surface area (Å²) < 4.78 is 5.65. The van der Waals surface area contributed by atoms with Gasteiger partial charge in [-0.05, 0) is 43.0 Å². The summed E-state index contributed by atoms with van der Waals surface area (Å²) in [6, 6.07) is 14.7. The summed E-state index contributed by atoms with van der Waals surface area (Å²) in [6.07, 6.45) is 1.29. The van der Waals surface area contributed by atoms with Crippen LogP contribution < -0.4 is 10.1 Å². The Morgan fingerprint density at radius 2 is 1.72 bits per heavy atom. The molecular formula is C32H36ClN5O5. The van der Waals surface area contributed by atoms with E-state index < -0.39 is 23.8 Å². The second-order valence-corrected chi connectivity index (χ2v) is 11.5. The molecule has 1 atom stereocenters. The number of amides is 4. The molecule has 3 aromatic rings. The number of hydrogen-bond acceptors (Lipinski definition) is 7. The molecule has 0 spiro atoms. The van der Waals surface area contributed by atoms with Gasteiger partial charge in [-0.25, -0.2) is 9.78 Å². The van der Waals surface area contributed by atoms with Crippen LogP contribution in [0.25, 0.3) is 22.4 Å². The number of piperidine rings is 1. The smallest absolute Gasteiger partial charge is 0.326 e. The van der Waals surface area contributed by atoms with Crippen LogP contribution in [0.1, 0.15) is 24.0 Å². The number of hydrogen-bond donors (Lipinski definition) is 2. The average Bonchev–Trinajstić information content (AvgIpc) is 3.00. The zero-order valence-corrected chi connectivity index (χ0v) is 25.5. The molecular weight excluding hydrogens is 570 g/mol. The molecule has 4 amide bonds. The highest BCUT2D eigenvalue weighted by molar-refractivity contribution is 6.36. The van der Waals surface area contributed by atoms with Crippen molar-refractivity contribution in [2.45, 2.75) is 32.4 Å². The van der Waals surface area contributed by atoms with Crippen molar-refractivity contribution >= 4 is 35.1 Å². The third-order valence-electron chi connectivity index (χ3n) is 8.26. The summed E-state index contributed by atoms with van der Waals surface area (Å²) in [6.45, 7) is 4.22. The minimum atomic E-state index is -1.01. The van der Waals surface area contributed by atoms with Crippen molar-refractivity contribution in [1.29, 1.82) is 0 Å². The van der Waals surface area contributed by atoms with Crippen LogP contribution in [0, 0.1) is 12.8 Å². The van der Waals surface area contributed by atoms with Gasteiger partial charge in [0.2, 0.25) is 17.7 Å². The molecule has 43 heavy (non-hydrogen) atoms. The number of ether oxygens (including phenoxy) is 1. The number of aliphatic hydroxyl groups excluding tert-OH is 1. The Labute approximate surface area is 256 Å². The van der Waals surface area contributed by atoms with Gasteiger partial charge in [0.25, 0.3) is 0 Å². The van der Waals surface area contributed by atoms with Gasteiger partial charge in [-0.1, -0.05) is 48.0 Å². The SMILES string of the molecule is COc1nc(-c2cccc(-c3cccc(NC(=O)C4CN(C)C(=O)N(C)C4=O)c3C)c2Cl)ccc1CN1CCC(O)CC1. The monoisotopic (exact) mass is 605 g/mol. The average molecular weight is 606 g/mol.